The second-order valence-electron chi connectivity index (χ2n) is 2.09. The first-order valence-corrected chi connectivity index (χ1v) is 3.24. The number of aliphatic carboxylic acids is 1. The molecule has 0 fully saturated rings. The Balaban J connectivity index is 3.92. The van der Waals surface area contributed by atoms with Gasteiger partial charge in [-0.1, -0.05) is 6.08 Å². The number of nitrogens with two attached hydrogens (primary N) is 1. The average Bonchev–Trinajstić information content (AvgIpc) is 1.87. The van der Waals surface area contributed by atoms with E-state index in [9.17, 15) is 9.59 Å². The summed E-state index contributed by atoms with van der Waals surface area (Å²) < 4.78 is 0. The van der Waals surface area contributed by atoms with Crippen LogP contribution in [0.25, 0.3) is 0 Å². The van der Waals surface area contributed by atoms with Gasteiger partial charge in [-0.2, -0.15) is 0 Å². The molecule has 0 radical (unpaired) electrons. The molecule has 11 heavy (non-hydrogen) atoms. The van der Waals surface area contributed by atoms with E-state index >= 15 is 0 Å². The van der Waals surface area contributed by atoms with Crippen LogP contribution in [0.1, 0.15) is 19.8 Å². The summed E-state index contributed by atoms with van der Waals surface area (Å²) in [7, 11) is 0. The normalized spacial score (nSPS) is 11.2. The van der Waals surface area contributed by atoms with Gasteiger partial charge in [-0.15, -0.1) is 0 Å². The SMILES string of the molecule is CC=C(CCC(N)=O)C(=O)O. The lowest BCUT2D eigenvalue weighted by Crippen LogP contribution is -2.12. The molecule has 0 aromatic rings. The van der Waals surface area contributed by atoms with E-state index in [1.165, 1.54) is 6.08 Å². The summed E-state index contributed by atoms with van der Waals surface area (Å²) in [6.07, 6.45) is 1.76. The number of carbonyl (C=O) groups is 2. The van der Waals surface area contributed by atoms with Crippen LogP contribution in [0.15, 0.2) is 11.6 Å². The number of hydrogen-bond acceptors (Lipinski definition) is 2. The van der Waals surface area contributed by atoms with E-state index in [-0.39, 0.29) is 18.4 Å². The van der Waals surface area contributed by atoms with Crippen molar-refractivity contribution in [1.82, 2.24) is 0 Å². The molecule has 62 valence electrons. The van der Waals surface area contributed by atoms with Crippen molar-refractivity contribution >= 4 is 11.9 Å². The molecule has 3 N–H and O–H groups in total. The molecule has 0 bridgehead atoms. The molecule has 0 unspecified atom stereocenters. The third-order valence-corrected chi connectivity index (χ3v) is 1.26. The molecule has 0 rings (SSSR count). The average molecular weight is 157 g/mol. The summed E-state index contributed by atoms with van der Waals surface area (Å²) in [5.74, 6) is -1.47. The lowest BCUT2D eigenvalue weighted by Gasteiger charge is -1.97. The van der Waals surface area contributed by atoms with Crippen LogP contribution < -0.4 is 5.73 Å². The summed E-state index contributed by atoms with van der Waals surface area (Å²) in [5, 5.41) is 8.47. The van der Waals surface area contributed by atoms with E-state index in [0.29, 0.717) is 0 Å². The maximum absolute atomic E-state index is 10.3. The standard InChI is InChI=1S/C7H11NO3/c1-2-5(7(10)11)3-4-6(8)9/h2H,3-4H2,1H3,(H2,8,9)(H,10,11). The van der Waals surface area contributed by atoms with E-state index < -0.39 is 11.9 Å². The van der Waals surface area contributed by atoms with E-state index in [0.717, 1.165) is 0 Å². The molecule has 0 aliphatic heterocycles. The Morgan fingerprint density at radius 1 is 1.45 bits per heavy atom. The maximum Gasteiger partial charge on any atom is 0.331 e. The number of hydrogen-bond donors (Lipinski definition) is 2. The fraction of sp³-hybridized carbons (Fsp3) is 0.429. The monoisotopic (exact) mass is 157 g/mol. The van der Waals surface area contributed by atoms with Crippen LogP contribution in [-0.4, -0.2) is 17.0 Å². The molecule has 0 aliphatic carbocycles. The van der Waals surface area contributed by atoms with E-state index in [1.54, 1.807) is 6.92 Å². The summed E-state index contributed by atoms with van der Waals surface area (Å²) in [6.45, 7) is 1.62. The van der Waals surface area contributed by atoms with Crippen LogP contribution in [0.3, 0.4) is 0 Å². The van der Waals surface area contributed by atoms with Gasteiger partial charge < -0.3 is 10.8 Å². The van der Waals surface area contributed by atoms with Gasteiger partial charge in [-0.3, -0.25) is 4.79 Å². The van der Waals surface area contributed by atoms with Crippen molar-refractivity contribution in [2.24, 2.45) is 5.73 Å². The Kier molecular flexibility index (Phi) is 3.95. The Hall–Kier alpha value is -1.32. The molecule has 0 aromatic heterocycles. The molecule has 0 heterocycles. The van der Waals surface area contributed by atoms with Crippen molar-refractivity contribution in [3.63, 3.8) is 0 Å². The molecule has 1 amide bonds. The van der Waals surface area contributed by atoms with E-state index in [2.05, 4.69) is 0 Å². The number of amides is 1. The van der Waals surface area contributed by atoms with Crippen LogP contribution in [0.4, 0.5) is 0 Å². The number of carboxylic acids is 1. The first-order chi connectivity index (χ1) is 5.07. The first-order valence-electron chi connectivity index (χ1n) is 3.24. The molecule has 0 saturated carbocycles. The van der Waals surface area contributed by atoms with Gasteiger partial charge in [0.05, 0.1) is 0 Å². The fourth-order valence-electron chi connectivity index (χ4n) is 0.633. The predicted molar refractivity (Wildman–Crippen MR) is 39.8 cm³/mol. The Labute approximate surface area is 64.7 Å². The highest BCUT2D eigenvalue weighted by Gasteiger charge is 2.06. The first kappa shape index (κ1) is 9.68. The number of carbonyl (C=O) groups excluding carboxylic acids is 1. The van der Waals surface area contributed by atoms with Crippen molar-refractivity contribution in [2.45, 2.75) is 19.8 Å². The topological polar surface area (TPSA) is 80.4 Å². The maximum atomic E-state index is 10.3. The third-order valence-electron chi connectivity index (χ3n) is 1.26. The minimum Gasteiger partial charge on any atom is -0.478 e. The quantitative estimate of drug-likeness (QED) is 0.575. The van der Waals surface area contributed by atoms with Gasteiger partial charge in [-0.05, 0) is 13.3 Å². The zero-order valence-corrected chi connectivity index (χ0v) is 6.33. The second kappa shape index (κ2) is 4.49. The highest BCUT2D eigenvalue weighted by atomic mass is 16.4. The van der Waals surface area contributed by atoms with Crippen LogP contribution in [-0.2, 0) is 9.59 Å². The number of carboxylic acid groups (broad SMARTS) is 1. The molecule has 4 nitrogen and oxygen atoms in total. The Bertz CT molecular complexity index is 196. The van der Waals surface area contributed by atoms with Gasteiger partial charge in [0.15, 0.2) is 0 Å². The lowest BCUT2D eigenvalue weighted by molar-refractivity contribution is -0.132. The lowest BCUT2D eigenvalue weighted by atomic mass is 10.1. The molecular weight excluding hydrogens is 146 g/mol. The van der Waals surface area contributed by atoms with Crippen LogP contribution in [0.5, 0.6) is 0 Å². The largest absolute Gasteiger partial charge is 0.478 e. The van der Waals surface area contributed by atoms with Crippen LogP contribution in [0.2, 0.25) is 0 Å². The smallest absolute Gasteiger partial charge is 0.331 e. The second-order valence-corrected chi connectivity index (χ2v) is 2.09. The molecule has 0 aliphatic rings. The summed E-state index contributed by atoms with van der Waals surface area (Å²) >= 11 is 0. The van der Waals surface area contributed by atoms with Crippen molar-refractivity contribution < 1.29 is 14.7 Å². The highest BCUT2D eigenvalue weighted by molar-refractivity contribution is 5.87. The fourth-order valence-corrected chi connectivity index (χ4v) is 0.633. The number of primary amides is 1. The summed E-state index contributed by atoms with van der Waals surface area (Å²) in [4.78, 5) is 20.6. The minimum atomic E-state index is -0.992. The van der Waals surface area contributed by atoms with Crippen LogP contribution in [0, 0.1) is 0 Å². The van der Waals surface area contributed by atoms with Gasteiger partial charge >= 0.3 is 5.97 Å². The number of allylic oxidation sites excluding steroid dienone is 1. The molecule has 0 saturated heterocycles. The van der Waals surface area contributed by atoms with E-state index in [1.807, 2.05) is 0 Å². The van der Waals surface area contributed by atoms with Crippen molar-refractivity contribution in [3.8, 4) is 0 Å². The minimum absolute atomic E-state index is 0.0893. The summed E-state index contributed by atoms with van der Waals surface area (Å²) in [5.41, 5.74) is 5.06. The molecule has 0 aromatic carbocycles. The Morgan fingerprint density at radius 3 is 2.27 bits per heavy atom. The molecular formula is C7H11NO3. The van der Waals surface area contributed by atoms with Crippen molar-refractivity contribution in [2.75, 3.05) is 0 Å². The molecule has 0 atom stereocenters. The third kappa shape index (κ3) is 4.13. The van der Waals surface area contributed by atoms with Crippen molar-refractivity contribution in [3.05, 3.63) is 11.6 Å². The van der Waals surface area contributed by atoms with Gasteiger partial charge in [0.2, 0.25) is 5.91 Å². The van der Waals surface area contributed by atoms with Crippen molar-refractivity contribution in [1.29, 1.82) is 0 Å². The van der Waals surface area contributed by atoms with Gasteiger partial charge in [-0.25, -0.2) is 4.79 Å². The Morgan fingerprint density at radius 2 is 2.00 bits per heavy atom. The zero-order valence-electron chi connectivity index (χ0n) is 6.33. The van der Waals surface area contributed by atoms with Gasteiger partial charge in [0.25, 0.3) is 0 Å². The highest BCUT2D eigenvalue weighted by Crippen LogP contribution is 2.03. The van der Waals surface area contributed by atoms with Gasteiger partial charge in [0, 0.05) is 12.0 Å². The summed E-state index contributed by atoms with van der Waals surface area (Å²) in [6, 6.07) is 0. The molecule has 4 heteroatoms. The van der Waals surface area contributed by atoms with E-state index in [4.69, 9.17) is 10.8 Å². The zero-order chi connectivity index (χ0) is 8.85. The molecule has 0 spiro atoms. The van der Waals surface area contributed by atoms with Gasteiger partial charge in [0.1, 0.15) is 0 Å². The van der Waals surface area contributed by atoms with Crippen LogP contribution >= 0.6 is 0 Å². The number of rotatable bonds is 4. The predicted octanol–water partition coefficient (Wildman–Crippen LogP) is 0.283.